The Bertz CT molecular complexity index is 1100. The number of anilines is 1. The molecule has 3 aliphatic rings. The van der Waals surface area contributed by atoms with Gasteiger partial charge in [-0.05, 0) is 31.4 Å². The van der Waals surface area contributed by atoms with E-state index in [1.54, 1.807) is 16.3 Å². The number of carbonyl (C=O) groups is 3. The van der Waals surface area contributed by atoms with Crippen molar-refractivity contribution < 1.29 is 23.9 Å². The number of rotatable bonds is 7. The fourth-order valence-electron chi connectivity index (χ4n) is 4.63. The number of likely N-dealkylation sites (tertiary alicyclic amines) is 1. The number of amides is 3. The summed E-state index contributed by atoms with van der Waals surface area (Å²) in [6.07, 6.45) is 3.35. The first-order chi connectivity index (χ1) is 16.9. The Hall–Kier alpha value is -2.82. The van der Waals surface area contributed by atoms with Crippen LogP contribution in [0.15, 0.2) is 29.6 Å². The van der Waals surface area contributed by atoms with Crippen molar-refractivity contribution >= 4 is 34.2 Å². The summed E-state index contributed by atoms with van der Waals surface area (Å²) in [7, 11) is 0. The molecule has 2 aliphatic heterocycles. The van der Waals surface area contributed by atoms with Crippen LogP contribution in [-0.2, 0) is 25.5 Å². The summed E-state index contributed by atoms with van der Waals surface area (Å²) in [6, 6.07) is 7.52. The van der Waals surface area contributed by atoms with Gasteiger partial charge in [0.15, 0.2) is 10.9 Å². The fraction of sp³-hybridized carbons (Fsp3) is 0.520. The number of benzene rings is 1. The van der Waals surface area contributed by atoms with Gasteiger partial charge in [0.25, 0.3) is 5.91 Å². The van der Waals surface area contributed by atoms with Crippen molar-refractivity contribution in [1.29, 1.82) is 0 Å². The molecule has 35 heavy (non-hydrogen) atoms. The highest BCUT2D eigenvalue weighted by Crippen LogP contribution is 2.32. The van der Waals surface area contributed by atoms with Crippen molar-refractivity contribution in [3.8, 4) is 0 Å². The molecule has 0 unspecified atom stereocenters. The van der Waals surface area contributed by atoms with Crippen LogP contribution in [0.3, 0.4) is 0 Å². The first-order valence-corrected chi connectivity index (χ1v) is 13.0. The van der Waals surface area contributed by atoms with Crippen LogP contribution in [-0.4, -0.2) is 77.2 Å². The normalized spacial score (nSPS) is 19.1. The molecule has 3 fully saturated rings. The largest absolute Gasteiger partial charge is 0.347 e. The van der Waals surface area contributed by atoms with Gasteiger partial charge in [-0.15, -0.1) is 11.3 Å². The number of carbonyl (C=O) groups excluding carboxylic acids is 3. The second kappa shape index (κ2) is 10.0. The topological polar surface area (TPSA) is 101 Å². The highest BCUT2D eigenvalue weighted by Gasteiger charge is 2.40. The van der Waals surface area contributed by atoms with Gasteiger partial charge in [-0.25, -0.2) is 4.98 Å². The molecule has 10 heteroatoms. The summed E-state index contributed by atoms with van der Waals surface area (Å²) in [5.74, 6) is -0.916. The lowest BCUT2D eigenvalue weighted by Crippen LogP contribution is -2.47. The maximum absolute atomic E-state index is 13.1. The second-order valence-corrected chi connectivity index (χ2v) is 10.2. The SMILES string of the molecule is Cc1ccccc1C(=O)N(CC(=O)Nc1nc(CC(=O)N2CCC3(CC2)OCCO3)cs1)C1CC1. The number of nitrogens with zero attached hydrogens (tertiary/aromatic N) is 3. The van der Waals surface area contributed by atoms with Crippen molar-refractivity contribution in [2.24, 2.45) is 0 Å². The van der Waals surface area contributed by atoms with Gasteiger partial charge in [0.2, 0.25) is 11.8 Å². The minimum absolute atomic E-state index is 0.00441. The molecule has 1 aromatic heterocycles. The molecule has 1 aromatic carbocycles. The quantitative estimate of drug-likeness (QED) is 0.630. The van der Waals surface area contributed by atoms with E-state index in [1.807, 2.05) is 30.0 Å². The number of hydrogen-bond acceptors (Lipinski definition) is 7. The Balaban J connectivity index is 1.13. The molecule has 3 amide bonds. The highest BCUT2D eigenvalue weighted by molar-refractivity contribution is 7.13. The maximum atomic E-state index is 13.1. The van der Waals surface area contributed by atoms with Crippen LogP contribution < -0.4 is 5.32 Å². The van der Waals surface area contributed by atoms with Crippen LogP contribution in [0, 0.1) is 6.92 Å². The first kappa shape index (κ1) is 23.9. The average Bonchev–Trinajstić information content (AvgIpc) is 3.45. The molecular weight excluding hydrogens is 468 g/mol. The summed E-state index contributed by atoms with van der Waals surface area (Å²) < 4.78 is 11.4. The summed E-state index contributed by atoms with van der Waals surface area (Å²) >= 11 is 1.28. The van der Waals surface area contributed by atoms with Crippen molar-refractivity contribution in [3.63, 3.8) is 0 Å². The minimum Gasteiger partial charge on any atom is -0.347 e. The smallest absolute Gasteiger partial charge is 0.254 e. The zero-order valence-corrected chi connectivity index (χ0v) is 20.6. The van der Waals surface area contributed by atoms with Gasteiger partial charge in [0.1, 0.15) is 6.54 Å². The molecule has 5 rings (SSSR count). The zero-order valence-electron chi connectivity index (χ0n) is 19.8. The Morgan fingerprint density at radius 1 is 1.17 bits per heavy atom. The molecule has 2 aromatic rings. The molecule has 1 aliphatic carbocycles. The molecule has 2 saturated heterocycles. The van der Waals surface area contributed by atoms with E-state index in [0.29, 0.717) is 55.5 Å². The lowest BCUT2D eigenvalue weighted by atomic mass is 10.0. The Kier molecular flexibility index (Phi) is 6.86. The van der Waals surface area contributed by atoms with Crippen molar-refractivity contribution in [2.45, 2.75) is 50.9 Å². The van der Waals surface area contributed by atoms with Crippen LogP contribution in [0.1, 0.15) is 47.3 Å². The molecule has 0 bridgehead atoms. The third kappa shape index (κ3) is 5.55. The number of thiazole rings is 1. The third-order valence-corrected chi connectivity index (χ3v) is 7.57. The van der Waals surface area contributed by atoms with Crippen molar-refractivity contribution in [2.75, 3.05) is 38.2 Å². The number of piperidine rings is 1. The number of nitrogens with one attached hydrogen (secondary N) is 1. The van der Waals surface area contributed by atoms with Gasteiger partial charge < -0.3 is 24.6 Å². The minimum atomic E-state index is -0.510. The average molecular weight is 499 g/mol. The molecule has 0 atom stereocenters. The van der Waals surface area contributed by atoms with E-state index in [2.05, 4.69) is 10.3 Å². The molecule has 1 N–H and O–H groups in total. The van der Waals surface area contributed by atoms with Gasteiger partial charge >= 0.3 is 0 Å². The van der Waals surface area contributed by atoms with E-state index in [-0.39, 0.29) is 36.7 Å². The van der Waals surface area contributed by atoms with Crippen molar-refractivity contribution in [1.82, 2.24) is 14.8 Å². The molecule has 186 valence electrons. The van der Waals surface area contributed by atoms with Gasteiger partial charge in [-0.1, -0.05) is 18.2 Å². The highest BCUT2D eigenvalue weighted by atomic mass is 32.1. The van der Waals surface area contributed by atoms with Crippen molar-refractivity contribution in [3.05, 3.63) is 46.5 Å². The van der Waals surface area contributed by atoms with Gasteiger partial charge in [0, 0.05) is 42.9 Å². The van der Waals surface area contributed by atoms with Gasteiger partial charge in [-0.3, -0.25) is 14.4 Å². The zero-order chi connectivity index (χ0) is 24.4. The van der Waals surface area contributed by atoms with E-state index < -0.39 is 5.79 Å². The summed E-state index contributed by atoms with van der Waals surface area (Å²) in [5, 5.41) is 5.02. The van der Waals surface area contributed by atoms with E-state index in [9.17, 15) is 14.4 Å². The second-order valence-electron chi connectivity index (χ2n) is 9.34. The standard InChI is InChI=1S/C25H30N4O5S/c1-17-4-2-3-5-20(17)23(32)29(19-6-7-19)15-21(30)27-24-26-18(16-35-24)14-22(31)28-10-8-25(9-11-28)33-12-13-34-25/h2-5,16,19H,6-15H2,1H3,(H,26,27,30). The number of aryl methyl sites for hydroxylation is 1. The van der Waals surface area contributed by atoms with Crippen LogP contribution in [0.2, 0.25) is 0 Å². The Morgan fingerprint density at radius 3 is 2.57 bits per heavy atom. The lowest BCUT2D eigenvalue weighted by Gasteiger charge is -2.37. The van der Waals surface area contributed by atoms with Crippen LogP contribution in [0.4, 0.5) is 5.13 Å². The fourth-order valence-corrected chi connectivity index (χ4v) is 5.36. The summed E-state index contributed by atoms with van der Waals surface area (Å²) in [6.45, 7) is 4.29. The van der Waals surface area contributed by atoms with E-state index >= 15 is 0 Å². The molecule has 0 radical (unpaired) electrons. The molecular formula is C25H30N4O5S. The number of aromatic nitrogens is 1. The first-order valence-electron chi connectivity index (χ1n) is 12.1. The Morgan fingerprint density at radius 2 is 1.89 bits per heavy atom. The Labute approximate surface area is 208 Å². The molecule has 1 saturated carbocycles. The van der Waals surface area contributed by atoms with E-state index in [1.165, 1.54) is 11.3 Å². The van der Waals surface area contributed by atoms with Crippen LogP contribution in [0.25, 0.3) is 0 Å². The van der Waals surface area contributed by atoms with Gasteiger partial charge in [0.05, 0.1) is 25.3 Å². The predicted molar refractivity (Wildman–Crippen MR) is 130 cm³/mol. The van der Waals surface area contributed by atoms with E-state index in [0.717, 1.165) is 18.4 Å². The van der Waals surface area contributed by atoms with E-state index in [4.69, 9.17) is 9.47 Å². The number of ether oxygens (including phenoxy) is 2. The van der Waals surface area contributed by atoms with Crippen LogP contribution in [0.5, 0.6) is 0 Å². The maximum Gasteiger partial charge on any atom is 0.254 e. The lowest BCUT2D eigenvalue weighted by molar-refractivity contribution is -0.187. The third-order valence-electron chi connectivity index (χ3n) is 6.76. The predicted octanol–water partition coefficient (Wildman–Crippen LogP) is 2.60. The molecule has 1 spiro atoms. The monoisotopic (exact) mass is 498 g/mol. The summed E-state index contributed by atoms with van der Waals surface area (Å²) in [4.78, 5) is 46.4. The number of hydrogen-bond donors (Lipinski definition) is 1. The molecule has 3 heterocycles. The molecule has 9 nitrogen and oxygen atoms in total. The van der Waals surface area contributed by atoms with Gasteiger partial charge in [-0.2, -0.15) is 0 Å². The summed E-state index contributed by atoms with van der Waals surface area (Å²) in [5.41, 5.74) is 2.14. The van der Waals surface area contributed by atoms with Crippen LogP contribution >= 0.6 is 11.3 Å².